The Morgan fingerprint density at radius 3 is 2.00 bits per heavy atom. The van der Waals surface area contributed by atoms with Crippen molar-refractivity contribution in [1.82, 2.24) is 0 Å². The molecule has 3 rings (SSSR count). The molecule has 0 unspecified atom stereocenters. The summed E-state index contributed by atoms with van der Waals surface area (Å²) in [6.07, 6.45) is 0.653. The quantitative estimate of drug-likeness (QED) is 0.412. The van der Waals surface area contributed by atoms with Crippen molar-refractivity contribution in [3.8, 4) is 0 Å². The number of carboxylic acids is 1. The minimum absolute atomic E-state index is 0.0464. The summed E-state index contributed by atoms with van der Waals surface area (Å²) in [5.41, 5.74) is 9.15. The van der Waals surface area contributed by atoms with E-state index in [1.165, 1.54) is 0 Å². The number of rotatable bonds is 6. The lowest BCUT2D eigenvalue weighted by molar-refractivity contribution is -0.136. The third-order valence-corrected chi connectivity index (χ3v) is 4.82. The first-order valence-corrected chi connectivity index (χ1v) is 8.71. The van der Waals surface area contributed by atoms with Crippen LogP contribution < -0.4 is 15.5 Å². The molecule has 26 heavy (non-hydrogen) atoms. The third kappa shape index (κ3) is 3.83. The highest BCUT2D eigenvalue weighted by molar-refractivity contribution is 7.80. The van der Waals surface area contributed by atoms with Crippen LogP contribution in [0.1, 0.15) is 17.5 Å². The van der Waals surface area contributed by atoms with E-state index in [2.05, 4.69) is 9.80 Å². The second-order valence-corrected chi connectivity index (χ2v) is 6.47. The molecule has 0 radical (unpaired) electrons. The van der Waals surface area contributed by atoms with Gasteiger partial charge in [0.2, 0.25) is 0 Å². The van der Waals surface area contributed by atoms with Gasteiger partial charge >= 0.3 is 5.97 Å². The molecule has 1 fully saturated rings. The zero-order chi connectivity index (χ0) is 18.7. The number of hydrogen-bond donors (Lipinski definition) is 3. The largest absolute Gasteiger partial charge is 0.481 e. The van der Waals surface area contributed by atoms with Crippen molar-refractivity contribution in [2.75, 3.05) is 22.9 Å². The fourth-order valence-corrected chi connectivity index (χ4v) is 3.32. The second kappa shape index (κ2) is 7.53. The van der Waals surface area contributed by atoms with Crippen LogP contribution in [0.4, 0.5) is 11.4 Å². The molecule has 4 N–H and O–H groups in total. The Labute approximate surface area is 157 Å². The van der Waals surface area contributed by atoms with Crippen molar-refractivity contribution < 1.29 is 9.90 Å². The first-order chi connectivity index (χ1) is 12.5. The Morgan fingerprint density at radius 2 is 1.54 bits per heavy atom. The standard InChI is InChI=1S/C19H20N4O2S/c20-18(21)14-4-8-16(9-5-14)23-12-11-22(19(23)26)15-6-1-13(2-7-15)3-10-17(24)25/h1-2,4-9H,3,10-12H2,(H3,20,21)(H,24,25). The van der Waals surface area contributed by atoms with Gasteiger partial charge in [-0.2, -0.15) is 0 Å². The molecule has 134 valence electrons. The Hall–Kier alpha value is -2.93. The summed E-state index contributed by atoms with van der Waals surface area (Å²) < 4.78 is 0. The number of carboxylic acid groups (broad SMARTS) is 1. The van der Waals surface area contributed by atoms with Gasteiger partial charge in [-0.15, -0.1) is 0 Å². The monoisotopic (exact) mass is 368 g/mol. The van der Waals surface area contributed by atoms with Gasteiger partial charge in [0.1, 0.15) is 5.84 Å². The predicted molar refractivity (Wildman–Crippen MR) is 107 cm³/mol. The summed E-state index contributed by atoms with van der Waals surface area (Å²) in [5.74, 6) is -0.744. The zero-order valence-electron chi connectivity index (χ0n) is 14.2. The Kier molecular flexibility index (Phi) is 5.18. The van der Waals surface area contributed by atoms with Crippen LogP contribution in [0.15, 0.2) is 48.5 Å². The van der Waals surface area contributed by atoms with Crippen molar-refractivity contribution in [2.45, 2.75) is 12.8 Å². The normalized spacial score (nSPS) is 13.9. The summed E-state index contributed by atoms with van der Waals surface area (Å²) in [5, 5.41) is 17.0. The SMILES string of the molecule is N=C(N)c1ccc(N2CCN(c3ccc(CCC(=O)O)cc3)C2=S)cc1. The van der Waals surface area contributed by atoms with Gasteiger partial charge in [-0.25, -0.2) is 0 Å². The summed E-state index contributed by atoms with van der Waals surface area (Å²) >= 11 is 5.64. The number of anilines is 2. The maximum Gasteiger partial charge on any atom is 0.303 e. The van der Waals surface area contributed by atoms with E-state index in [9.17, 15) is 4.79 Å². The molecule has 0 saturated carbocycles. The molecule has 0 atom stereocenters. The number of thiocarbonyl (C=S) groups is 1. The minimum Gasteiger partial charge on any atom is -0.481 e. The van der Waals surface area contributed by atoms with Crippen LogP contribution >= 0.6 is 12.2 Å². The smallest absolute Gasteiger partial charge is 0.303 e. The number of benzene rings is 2. The summed E-state index contributed by atoms with van der Waals surface area (Å²) in [6.45, 7) is 1.56. The number of nitrogens with two attached hydrogens (primary N) is 1. The molecule has 0 amide bonds. The van der Waals surface area contributed by atoms with Gasteiger partial charge < -0.3 is 20.6 Å². The fourth-order valence-electron chi connectivity index (χ4n) is 2.93. The summed E-state index contributed by atoms with van der Waals surface area (Å²) in [7, 11) is 0. The Balaban J connectivity index is 1.70. The van der Waals surface area contributed by atoms with E-state index in [0.29, 0.717) is 12.0 Å². The number of aryl methyl sites for hydroxylation is 1. The second-order valence-electron chi connectivity index (χ2n) is 6.11. The first-order valence-electron chi connectivity index (χ1n) is 8.30. The predicted octanol–water partition coefficient (Wildman–Crippen LogP) is 2.60. The maximum absolute atomic E-state index is 10.7. The Morgan fingerprint density at radius 1 is 1.04 bits per heavy atom. The number of hydrogen-bond acceptors (Lipinski definition) is 3. The molecule has 0 aromatic heterocycles. The van der Waals surface area contributed by atoms with Crippen molar-refractivity contribution in [1.29, 1.82) is 5.41 Å². The van der Waals surface area contributed by atoms with Crippen LogP contribution in [0.2, 0.25) is 0 Å². The molecular formula is C19H20N4O2S. The molecule has 0 bridgehead atoms. The summed E-state index contributed by atoms with van der Waals surface area (Å²) in [6, 6.07) is 15.3. The van der Waals surface area contributed by atoms with Gasteiger partial charge in [-0.3, -0.25) is 10.2 Å². The van der Waals surface area contributed by atoms with Gasteiger partial charge in [0.05, 0.1) is 0 Å². The highest BCUT2D eigenvalue weighted by Crippen LogP contribution is 2.26. The average Bonchev–Trinajstić information content (AvgIpc) is 3.02. The van der Waals surface area contributed by atoms with Crippen LogP contribution in [-0.4, -0.2) is 35.1 Å². The van der Waals surface area contributed by atoms with Crippen LogP contribution in [0.3, 0.4) is 0 Å². The molecule has 1 saturated heterocycles. The molecule has 1 aliphatic heterocycles. The van der Waals surface area contributed by atoms with Crippen molar-refractivity contribution in [3.63, 3.8) is 0 Å². The molecule has 0 aliphatic carbocycles. The summed E-state index contributed by atoms with van der Waals surface area (Å²) in [4.78, 5) is 14.8. The van der Waals surface area contributed by atoms with E-state index >= 15 is 0 Å². The van der Waals surface area contributed by atoms with Crippen LogP contribution in [0, 0.1) is 5.41 Å². The maximum atomic E-state index is 10.7. The van der Waals surface area contributed by atoms with E-state index in [-0.39, 0.29) is 12.3 Å². The van der Waals surface area contributed by atoms with E-state index in [1.54, 1.807) is 0 Å². The van der Waals surface area contributed by atoms with Gasteiger partial charge in [-0.1, -0.05) is 12.1 Å². The minimum atomic E-state index is -0.791. The van der Waals surface area contributed by atoms with E-state index in [0.717, 1.165) is 35.1 Å². The van der Waals surface area contributed by atoms with E-state index in [4.69, 9.17) is 28.5 Å². The van der Waals surface area contributed by atoms with Crippen LogP contribution in [0.25, 0.3) is 0 Å². The first kappa shape index (κ1) is 17.9. The average molecular weight is 368 g/mol. The topological polar surface area (TPSA) is 93.7 Å². The number of nitrogens with zero attached hydrogens (tertiary/aromatic N) is 2. The van der Waals surface area contributed by atoms with Crippen molar-refractivity contribution in [2.24, 2.45) is 5.73 Å². The highest BCUT2D eigenvalue weighted by Gasteiger charge is 2.27. The van der Waals surface area contributed by atoms with Crippen molar-refractivity contribution >= 4 is 40.5 Å². The molecule has 1 aliphatic rings. The fraction of sp³-hybridized carbons (Fsp3) is 0.211. The number of amidine groups is 1. The Bertz CT molecular complexity index is 834. The van der Waals surface area contributed by atoms with Crippen molar-refractivity contribution in [3.05, 3.63) is 59.7 Å². The van der Waals surface area contributed by atoms with Gasteiger partial charge in [-0.05, 0) is 60.6 Å². The zero-order valence-corrected chi connectivity index (χ0v) is 15.0. The highest BCUT2D eigenvalue weighted by atomic mass is 32.1. The number of carbonyl (C=O) groups is 1. The number of nitrogen functional groups attached to an aromatic ring is 1. The molecule has 2 aromatic rings. The molecule has 1 heterocycles. The van der Waals surface area contributed by atoms with Gasteiger partial charge in [0, 0.05) is 36.4 Å². The lowest BCUT2D eigenvalue weighted by Gasteiger charge is -2.22. The molecule has 6 nitrogen and oxygen atoms in total. The third-order valence-electron chi connectivity index (χ3n) is 4.37. The number of nitrogens with one attached hydrogen (secondary N) is 1. The molecule has 2 aromatic carbocycles. The molecule has 0 spiro atoms. The van der Waals surface area contributed by atoms with Crippen LogP contribution in [-0.2, 0) is 11.2 Å². The van der Waals surface area contributed by atoms with Crippen LogP contribution in [0.5, 0.6) is 0 Å². The molecular weight excluding hydrogens is 348 g/mol. The van der Waals surface area contributed by atoms with E-state index in [1.807, 2.05) is 48.5 Å². The van der Waals surface area contributed by atoms with Gasteiger partial charge in [0.15, 0.2) is 5.11 Å². The van der Waals surface area contributed by atoms with E-state index < -0.39 is 5.97 Å². The molecule has 7 heteroatoms. The lowest BCUT2D eigenvalue weighted by atomic mass is 10.1. The van der Waals surface area contributed by atoms with Gasteiger partial charge in [0.25, 0.3) is 0 Å². The lowest BCUT2D eigenvalue weighted by Crippen LogP contribution is -2.31. The number of aliphatic carboxylic acids is 1.